The maximum absolute atomic E-state index is 5.89. The Bertz CT molecular complexity index is 314. The molecule has 0 bridgehead atoms. The highest BCUT2D eigenvalue weighted by molar-refractivity contribution is 6.30. The summed E-state index contributed by atoms with van der Waals surface area (Å²) in [6, 6.07) is 0.386. The van der Waals surface area contributed by atoms with Crippen molar-refractivity contribution in [1.29, 1.82) is 0 Å². The van der Waals surface area contributed by atoms with E-state index in [2.05, 4.69) is 38.1 Å². The Labute approximate surface area is 103 Å². The molecule has 92 valence electrons. The van der Waals surface area contributed by atoms with Gasteiger partial charge in [-0.3, -0.25) is 4.68 Å². The molecule has 0 aliphatic heterocycles. The SMILES string of the molecule is CCCC(CNC(C)(C)C)n1cc(Cl)cn1. The first-order valence-corrected chi connectivity index (χ1v) is 6.25. The Hall–Kier alpha value is -0.540. The lowest BCUT2D eigenvalue weighted by atomic mass is 10.1. The third-order valence-electron chi connectivity index (χ3n) is 2.43. The Morgan fingerprint density at radius 2 is 2.19 bits per heavy atom. The molecule has 0 radical (unpaired) electrons. The Morgan fingerprint density at radius 1 is 1.50 bits per heavy atom. The zero-order chi connectivity index (χ0) is 12.2. The van der Waals surface area contributed by atoms with Crippen LogP contribution in [0.25, 0.3) is 0 Å². The van der Waals surface area contributed by atoms with E-state index >= 15 is 0 Å². The van der Waals surface area contributed by atoms with Gasteiger partial charge in [-0.25, -0.2) is 0 Å². The normalized spacial score (nSPS) is 14.1. The number of hydrogen-bond acceptors (Lipinski definition) is 2. The van der Waals surface area contributed by atoms with Crippen LogP contribution in [-0.2, 0) is 0 Å². The molecule has 0 aromatic carbocycles. The average molecular weight is 244 g/mol. The van der Waals surface area contributed by atoms with Gasteiger partial charge >= 0.3 is 0 Å². The molecule has 1 aromatic rings. The first-order chi connectivity index (χ1) is 7.42. The van der Waals surface area contributed by atoms with Crippen LogP contribution in [0.5, 0.6) is 0 Å². The number of hydrogen-bond donors (Lipinski definition) is 1. The molecule has 0 spiro atoms. The van der Waals surface area contributed by atoms with Gasteiger partial charge < -0.3 is 5.32 Å². The molecular weight excluding hydrogens is 222 g/mol. The van der Waals surface area contributed by atoms with E-state index in [4.69, 9.17) is 11.6 Å². The maximum Gasteiger partial charge on any atom is 0.0785 e. The Balaban J connectivity index is 2.61. The van der Waals surface area contributed by atoms with Crippen LogP contribution < -0.4 is 5.32 Å². The van der Waals surface area contributed by atoms with Crippen molar-refractivity contribution in [3.05, 3.63) is 17.4 Å². The summed E-state index contributed by atoms with van der Waals surface area (Å²) >= 11 is 5.89. The summed E-state index contributed by atoms with van der Waals surface area (Å²) < 4.78 is 1.96. The summed E-state index contributed by atoms with van der Waals surface area (Å²) in [5.41, 5.74) is 0.142. The van der Waals surface area contributed by atoms with E-state index in [0.29, 0.717) is 11.1 Å². The molecule has 0 aliphatic carbocycles. The van der Waals surface area contributed by atoms with Crippen LogP contribution in [0.1, 0.15) is 46.6 Å². The van der Waals surface area contributed by atoms with Gasteiger partial charge in [-0.15, -0.1) is 0 Å². The zero-order valence-electron chi connectivity index (χ0n) is 10.6. The summed E-state index contributed by atoms with van der Waals surface area (Å²) in [5, 5.41) is 8.50. The highest BCUT2D eigenvalue weighted by Crippen LogP contribution is 2.16. The molecule has 0 saturated carbocycles. The van der Waals surface area contributed by atoms with E-state index in [-0.39, 0.29) is 5.54 Å². The summed E-state index contributed by atoms with van der Waals surface area (Å²) in [5.74, 6) is 0. The van der Waals surface area contributed by atoms with E-state index in [9.17, 15) is 0 Å². The second-order valence-corrected chi connectivity index (χ2v) is 5.65. The van der Waals surface area contributed by atoms with E-state index < -0.39 is 0 Å². The van der Waals surface area contributed by atoms with Crippen LogP contribution in [0.3, 0.4) is 0 Å². The van der Waals surface area contributed by atoms with Gasteiger partial charge in [-0.2, -0.15) is 5.10 Å². The topological polar surface area (TPSA) is 29.9 Å². The Kier molecular flexibility index (Phi) is 4.81. The van der Waals surface area contributed by atoms with Crippen LogP contribution in [0, 0.1) is 0 Å². The average Bonchev–Trinajstić information content (AvgIpc) is 2.57. The predicted octanol–water partition coefficient (Wildman–Crippen LogP) is 3.27. The molecular formula is C12H22ClN3. The number of halogens is 1. The number of aromatic nitrogens is 2. The van der Waals surface area contributed by atoms with Crippen LogP contribution in [0.15, 0.2) is 12.4 Å². The molecule has 1 unspecified atom stereocenters. The van der Waals surface area contributed by atoms with Gasteiger partial charge in [0, 0.05) is 18.3 Å². The first-order valence-electron chi connectivity index (χ1n) is 5.87. The molecule has 1 N–H and O–H groups in total. The van der Waals surface area contributed by atoms with E-state index in [1.165, 1.54) is 0 Å². The minimum Gasteiger partial charge on any atom is -0.310 e. The molecule has 3 nitrogen and oxygen atoms in total. The van der Waals surface area contributed by atoms with Crippen molar-refractivity contribution >= 4 is 11.6 Å². The molecule has 0 saturated heterocycles. The predicted molar refractivity (Wildman–Crippen MR) is 68.9 cm³/mol. The van der Waals surface area contributed by atoms with Gasteiger partial charge in [0.25, 0.3) is 0 Å². The summed E-state index contributed by atoms with van der Waals surface area (Å²) in [4.78, 5) is 0. The van der Waals surface area contributed by atoms with Crippen molar-refractivity contribution in [3.8, 4) is 0 Å². The molecule has 0 amide bonds. The van der Waals surface area contributed by atoms with Gasteiger partial charge in [-0.05, 0) is 27.2 Å². The van der Waals surface area contributed by atoms with Crippen LogP contribution in [-0.4, -0.2) is 21.9 Å². The smallest absolute Gasteiger partial charge is 0.0785 e. The summed E-state index contributed by atoms with van der Waals surface area (Å²) in [6.45, 7) is 9.63. The Morgan fingerprint density at radius 3 is 2.62 bits per heavy atom. The fourth-order valence-corrected chi connectivity index (χ4v) is 1.74. The molecule has 0 aliphatic rings. The standard InChI is InChI=1S/C12H22ClN3/c1-5-6-11(8-14-12(2,3)4)16-9-10(13)7-15-16/h7,9,11,14H,5-6,8H2,1-4H3. The monoisotopic (exact) mass is 243 g/mol. The van der Waals surface area contributed by atoms with Crippen LogP contribution >= 0.6 is 11.6 Å². The molecule has 4 heteroatoms. The van der Waals surface area contributed by atoms with E-state index in [0.717, 1.165) is 19.4 Å². The first kappa shape index (κ1) is 13.5. The number of nitrogens with zero attached hydrogens (tertiary/aromatic N) is 2. The van der Waals surface area contributed by atoms with E-state index in [1.54, 1.807) is 6.20 Å². The number of rotatable bonds is 5. The van der Waals surface area contributed by atoms with Gasteiger partial charge in [0.2, 0.25) is 0 Å². The third kappa shape index (κ3) is 4.54. The second-order valence-electron chi connectivity index (χ2n) is 5.21. The third-order valence-corrected chi connectivity index (χ3v) is 2.63. The fourth-order valence-electron chi connectivity index (χ4n) is 1.60. The second kappa shape index (κ2) is 5.69. The van der Waals surface area contributed by atoms with Crippen LogP contribution in [0.4, 0.5) is 0 Å². The lowest BCUT2D eigenvalue weighted by Crippen LogP contribution is -2.39. The zero-order valence-corrected chi connectivity index (χ0v) is 11.4. The summed E-state index contributed by atoms with van der Waals surface area (Å²) in [6.07, 6.45) is 5.85. The molecule has 1 atom stereocenters. The van der Waals surface area contributed by atoms with E-state index in [1.807, 2.05) is 10.9 Å². The quantitative estimate of drug-likeness (QED) is 0.860. The maximum atomic E-state index is 5.89. The van der Waals surface area contributed by atoms with Crippen molar-refractivity contribution in [2.45, 2.75) is 52.1 Å². The molecule has 1 aromatic heterocycles. The molecule has 0 fully saturated rings. The van der Waals surface area contributed by atoms with Gasteiger partial charge in [0.1, 0.15) is 0 Å². The van der Waals surface area contributed by atoms with Crippen molar-refractivity contribution in [2.24, 2.45) is 0 Å². The molecule has 16 heavy (non-hydrogen) atoms. The van der Waals surface area contributed by atoms with Crippen molar-refractivity contribution in [3.63, 3.8) is 0 Å². The van der Waals surface area contributed by atoms with Crippen LogP contribution in [0.2, 0.25) is 5.02 Å². The fraction of sp³-hybridized carbons (Fsp3) is 0.750. The van der Waals surface area contributed by atoms with Gasteiger partial charge in [-0.1, -0.05) is 24.9 Å². The highest BCUT2D eigenvalue weighted by atomic mass is 35.5. The summed E-state index contributed by atoms with van der Waals surface area (Å²) in [7, 11) is 0. The van der Waals surface area contributed by atoms with Crippen molar-refractivity contribution in [1.82, 2.24) is 15.1 Å². The van der Waals surface area contributed by atoms with Gasteiger partial charge in [0.05, 0.1) is 17.3 Å². The minimum atomic E-state index is 0.142. The highest BCUT2D eigenvalue weighted by Gasteiger charge is 2.15. The lowest BCUT2D eigenvalue weighted by Gasteiger charge is -2.25. The largest absolute Gasteiger partial charge is 0.310 e. The molecule has 1 heterocycles. The minimum absolute atomic E-state index is 0.142. The van der Waals surface area contributed by atoms with Crippen molar-refractivity contribution < 1.29 is 0 Å². The lowest BCUT2D eigenvalue weighted by molar-refractivity contribution is 0.336. The number of nitrogens with one attached hydrogen (secondary N) is 1. The molecule has 1 rings (SSSR count). The van der Waals surface area contributed by atoms with Crippen molar-refractivity contribution in [2.75, 3.05) is 6.54 Å². The van der Waals surface area contributed by atoms with Gasteiger partial charge in [0.15, 0.2) is 0 Å².